The monoisotopic (exact) mass is 283 g/mol. The average molecular weight is 283 g/mol. The first-order valence-electron chi connectivity index (χ1n) is 7.91. The second-order valence-electron chi connectivity index (χ2n) is 6.72. The summed E-state index contributed by atoms with van der Waals surface area (Å²) in [6.07, 6.45) is 3.84. The van der Waals surface area contributed by atoms with Crippen molar-refractivity contribution in [3.05, 3.63) is 0 Å². The highest BCUT2D eigenvalue weighted by Crippen LogP contribution is 2.27. The van der Waals surface area contributed by atoms with Gasteiger partial charge in [0.1, 0.15) is 0 Å². The molecule has 1 aliphatic carbocycles. The largest absolute Gasteiger partial charge is 0.374 e. The van der Waals surface area contributed by atoms with Crippen molar-refractivity contribution in [1.29, 1.82) is 0 Å². The molecule has 0 bridgehead atoms. The van der Waals surface area contributed by atoms with Crippen LogP contribution in [0.5, 0.6) is 0 Å². The molecule has 5 heteroatoms. The van der Waals surface area contributed by atoms with Crippen LogP contribution < -0.4 is 11.1 Å². The van der Waals surface area contributed by atoms with Gasteiger partial charge in [-0.05, 0) is 18.8 Å². The SMILES string of the molecule is CC(C)CN1CCOC(CNC(=O)C2(N)CCCC2)C1. The van der Waals surface area contributed by atoms with Gasteiger partial charge in [0, 0.05) is 26.2 Å². The molecule has 1 saturated carbocycles. The van der Waals surface area contributed by atoms with Crippen molar-refractivity contribution in [2.75, 3.05) is 32.8 Å². The van der Waals surface area contributed by atoms with E-state index in [-0.39, 0.29) is 12.0 Å². The third-order valence-corrected chi connectivity index (χ3v) is 4.28. The van der Waals surface area contributed by atoms with Crippen molar-refractivity contribution < 1.29 is 9.53 Å². The number of nitrogens with zero attached hydrogens (tertiary/aromatic N) is 1. The van der Waals surface area contributed by atoms with Gasteiger partial charge in [-0.1, -0.05) is 26.7 Å². The molecule has 2 rings (SSSR count). The van der Waals surface area contributed by atoms with Crippen molar-refractivity contribution in [3.8, 4) is 0 Å². The average Bonchev–Trinajstić information content (AvgIpc) is 2.84. The molecule has 1 atom stereocenters. The number of carbonyl (C=O) groups excluding carboxylic acids is 1. The van der Waals surface area contributed by atoms with Gasteiger partial charge in [0.2, 0.25) is 5.91 Å². The van der Waals surface area contributed by atoms with Crippen LogP contribution in [0.1, 0.15) is 39.5 Å². The lowest BCUT2D eigenvalue weighted by Crippen LogP contribution is -2.55. The van der Waals surface area contributed by atoms with Gasteiger partial charge in [0.05, 0.1) is 18.2 Å². The molecule has 0 aromatic carbocycles. The van der Waals surface area contributed by atoms with E-state index < -0.39 is 5.54 Å². The molecule has 2 fully saturated rings. The van der Waals surface area contributed by atoms with Crippen LogP contribution >= 0.6 is 0 Å². The normalized spacial score (nSPS) is 26.9. The Bertz CT molecular complexity index is 327. The molecule has 1 saturated heterocycles. The molecular weight excluding hydrogens is 254 g/mol. The molecule has 0 aromatic rings. The van der Waals surface area contributed by atoms with Gasteiger partial charge in [-0.3, -0.25) is 9.69 Å². The Labute approximate surface area is 122 Å². The third-order valence-electron chi connectivity index (χ3n) is 4.28. The van der Waals surface area contributed by atoms with Crippen LogP contribution in [0.2, 0.25) is 0 Å². The predicted molar refractivity (Wildman–Crippen MR) is 79.4 cm³/mol. The maximum Gasteiger partial charge on any atom is 0.240 e. The Morgan fingerprint density at radius 3 is 2.80 bits per heavy atom. The van der Waals surface area contributed by atoms with Gasteiger partial charge < -0.3 is 15.8 Å². The van der Waals surface area contributed by atoms with Gasteiger partial charge in [-0.15, -0.1) is 0 Å². The highest BCUT2D eigenvalue weighted by Gasteiger charge is 2.37. The van der Waals surface area contributed by atoms with E-state index in [2.05, 4.69) is 24.1 Å². The molecule has 1 aliphatic heterocycles. The number of hydrogen-bond donors (Lipinski definition) is 2. The molecule has 0 aromatic heterocycles. The molecule has 0 spiro atoms. The first-order valence-corrected chi connectivity index (χ1v) is 7.91. The number of ether oxygens (including phenoxy) is 1. The summed E-state index contributed by atoms with van der Waals surface area (Å²) in [5.41, 5.74) is 5.52. The topological polar surface area (TPSA) is 67.6 Å². The van der Waals surface area contributed by atoms with Crippen LogP contribution in [0.15, 0.2) is 0 Å². The number of amides is 1. The van der Waals surface area contributed by atoms with E-state index in [1.54, 1.807) is 0 Å². The molecular formula is C15H29N3O2. The maximum absolute atomic E-state index is 12.2. The van der Waals surface area contributed by atoms with Gasteiger partial charge >= 0.3 is 0 Å². The predicted octanol–water partition coefficient (Wildman–Crippen LogP) is 0.731. The van der Waals surface area contributed by atoms with E-state index in [1.165, 1.54) is 0 Å². The molecule has 1 unspecified atom stereocenters. The summed E-state index contributed by atoms with van der Waals surface area (Å²) >= 11 is 0. The highest BCUT2D eigenvalue weighted by atomic mass is 16.5. The zero-order valence-corrected chi connectivity index (χ0v) is 12.9. The summed E-state index contributed by atoms with van der Waals surface area (Å²) in [6, 6.07) is 0. The molecule has 20 heavy (non-hydrogen) atoms. The zero-order chi connectivity index (χ0) is 14.6. The number of carbonyl (C=O) groups is 1. The van der Waals surface area contributed by atoms with Crippen LogP contribution in [0.3, 0.4) is 0 Å². The first kappa shape index (κ1) is 15.7. The Kier molecular flexibility index (Phi) is 5.41. The fraction of sp³-hybridized carbons (Fsp3) is 0.933. The van der Waals surface area contributed by atoms with E-state index in [4.69, 9.17) is 10.5 Å². The van der Waals surface area contributed by atoms with Gasteiger partial charge in [-0.25, -0.2) is 0 Å². The zero-order valence-electron chi connectivity index (χ0n) is 12.9. The second kappa shape index (κ2) is 6.87. The Balaban J connectivity index is 1.74. The fourth-order valence-electron chi connectivity index (χ4n) is 3.20. The Morgan fingerprint density at radius 2 is 2.15 bits per heavy atom. The maximum atomic E-state index is 12.2. The lowest BCUT2D eigenvalue weighted by Gasteiger charge is -2.34. The molecule has 1 amide bonds. The van der Waals surface area contributed by atoms with E-state index >= 15 is 0 Å². The van der Waals surface area contributed by atoms with Gasteiger partial charge in [0.15, 0.2) is 0 Å². The van der Waals surface area contributed by atoms with Crippen molar-refractivity contribution in [1.82, 2.24) is 10.2 Å². The number of nitrogens with one attached hydrogen (secondary N) is 1. The third kappa shape index (κ3) is 4.17. The standard InChI is InChI=1S/C15H29N3O2/c1-12(2)10-18-7-8-20-13(11-18)9-17-14(19)15(16)5-3-4-6-15/h12-13H,3-11,16H2,1-2H3,(H,17,19). The number of hydrogen-bond acceptors (Lipinski definition) is 4. The molecule has 1 heterocycles. The van der Waals surface area contributed by atoms with Crippen molar-refractivity contribution in [3.63, 3.8) is 0 Å². The number of rotatable bonds is 5. The van der Waals surface area contributed by atoms with Crippen LogP contribution in [-0.2, 0) is 9.53 Å². The Hall–Kier alpha value is -0.650. The van der Waals surface area contributed by atoms with Crippen molar-refractivity contribution >= 4 is 5.91 Å². The lowest BCUT2D eigenvalue weighted by molar-refractivity contribution is -0.127. The molecule has 3 N–H and O–H groups in total. The summed E-state index contributed by atoms with van der Waals surface area (Å²) < 4.78 is 5.74. The smallest absolute Gasteiger partial charge is 0.240 e. The van der Waals surface area contributed by atoms with E-state index in [1.807, 2.05) is 0 Å². The summed E-state index contributed by atoms with van der Waals surface area (Å²) in [4.78, 5) is 14.6. The van der Waals surface area contributed by atoms with E-state index in [0.29, 0.717) is 12.5 Å². The minimum atomic E-state index is -0.633. The second-order valence-corrected chi connectivity index (χ2v) is 6.72. The molecule has 0 radical (unpaired) electrons. The number of nitrogens with two attached hydrogens (primary N) is 1. The first-order chi connectivity index (χ1) is 9.49. The summed E-state index contributed by atoms with van der Waals surface area (Å²) in [6.45, 7) is 8.76. The van der Waals surface area contributed by atoms with Crippen LogP contribution in [-0.4, -0.2) is 55.2 Å². The highest BCUT2D eigenvalue weighted by molar-refractivity contribution is 5.86. The van der Waals surface area contributed by atoms with Crippen molar-refractivity contribution in [2.45, 2.75) is 51.2 Å². The van der Waals surface area contributed by atoms with Crippen molar-refractivity contribution in [2.24, 2.45) is 11.7 Å². The fourth-order valence-corrected chi connectivity index (χ4v) is 3.20. The quantitative estimate of drug-likeness (QED) is 0.780. The minimum absolute atomic E-state index is 0.000386. The lowest BCUT2D eigenvalue weighted by atomic mass is 9.98. The summed E-state index contributed by atoms with van der Waals surface area (Å²) in [5, 5.41) is 2.99. The van der Waals surface area contributed by atoms with Gasteiger partial charge in [-0.2, -0.15) is 0 Å². The van der Waals surface area contributed by atoms with Crippen LogP contribution in [0.25, 0.3) is 0 Å². The summed E-state index contributed by atoms with van der Waals surface area (Å²) in [7, 11) is 0. The minimum Gasteiger partial charge on any atom is -0.374 e. The number of morpholine rings is 1. The van der Waals surface area contributed by atoms with Gasteiger partial charge in [0.25, 0.3) is 0 Å². The summed E-state index contributed by atoms with van der Waals surface area (Å²) in [5.74, 6) is 0.661. The van der Waals surface area contributed by atoms with E-state index in [0.717, 1.165) is 51.9 Å². The van der Waals surface area contributed by atoms with Crippen LogP contribution in [0.4, 0.5) is 0 Å². The Morgan fingerprint density at radius 1 is 1.45 bits per heavy atom. The molecule has 2 aliphatic rings. The molecule has 5 nitrogen and oxygen atoms in total. The molecule has 116 valence electrons. The van der Waals surface area contributed by atoms with Crippen LogP contribution in [0, 0.1) is 5.92 Å². The van der Waals surface area contributed by atoms with E-state index in [9.17, 15) is 4.79 Å².